The molecular formula is C16H17ClN2O. The second kappa shape index (κ2) is 5.63. The fourth-order valence-corrected chi connectivity index (χ4v) is 2.27. The average molecular weight is 289 g/mol. The number of carbonyl (C=O) groups excluding carboxylic acids is 1. The number of halogens is 1. The van der Waals surface area contributed by atoms with Gasteiger partial charge in [0.2, 0.25) is 0 Å². The van der Waals surface area contributed by atoms with E-state index in [2.05, 4.69) is 31.1 Å². The monoisotopic (exact) mass is 288 g/mol. The van der Waals surface area contributed by atoms with Crippen LogP contribution in [0.2, 0.25) is 5.02 Å². The van der Waals surface area contributed by atoms with E-state index >= 15 is 0 Å². The lowest BCUT2D eigenvalue weighted by Gasteiger charge is -2.21. The van der Waals surface area contributed by atoms with Gasteiger partial charge >= 0.3 is 0 Å². The second-order valence-electron chi connectivity index (χ2n) is 5.61. The van der Waals surface area contributed by atoms with Gasteiger partial charge in [0.15, 0.2) is 0 Å². The Labute approximate surface area is 124 Å². The summed E-state index contributed by atoms with van der Waals surface area (Å²) in [5, 5.41) is 3.44. The van der Waals surface area contributed by atoms with Crippen LogP contribution in [0.25, 0.3) is 0 Å². The van der Waals surface area contributed by atoms with Crippen LogP contribution in [0.4, 0.5) is 5.82 Å². The molecule has 0 bridgehead atoms. The number of amides is 1. The minimum absolute atomic E-state index is 0.113. The number of nitrogens with one attached hydrogen (secondary N) is 1. The quantitative estimate of drug-likeness (QED) is 0.896. The van der Waals surface area contributed by atoms with Gasteiger partial charge in [0.25, 0.3) is 5.91 Å². The molecule has 0 saturated carbocycles. The zero-order chi connectivity index (χ0) is 14.8. The summed E-state index contributed by atoms with van der Waals surface area (Å²) in [4.78, 5) is 16.3. The van der Waals surface area contributed by atoms with Crippen molar-refractivity contribution in [3.8, 4) is 0 Å². The van der Waals surface area contributed by atoms with E-state index in [0.29, 0.717) is 16.4 Å². The molecule has 0 spiro atoms. The summed E-state index contributed by atoms with van der Waals surface area (Å²) in [6, 6.07) is 10.7. The van der Waals surface area contributed by atoms with Crippen LogP contribution in [-0.2, 0) is 5.41 Å². The molecule has 3 nitrogen and oxygen atoms in total. The van der Waals surface area contributed by atoms with Gasteiger partial charge in [-0.2, -0.15) is 0 Å². The van der Waals surface area contributed by atoms with Gasteiger partial charge in [0.1, 0.15) is 5.82 Å². The van der Waals surface area contributed by atoms with Gasteiger partial charge in [-0.15, -0.1) is 0 Å². The second-order valence-corrected chi connectivity index (χ2v) is 6.02. The fraction of sp³-hybridized carbons (Fsp3) is 0.250. The van der Waals surface area contributed by atoms with E-state index in [0.717, 1.165) is 5.56 Å². The molecule has 0 fully saturated rings. The summed E-state index contributed by atoms with van der Waals surface area (Å²) in [6.45, 7) is 6.19. The highest BCUT2D eigenvalue weighted by atomic mass is 35.5. The molecule has 1 amide bonds. The number of carbonyl (C=O) groups is 1. The number of hydrogen-bond acceptors (Lipinski definition) is 2. The molecule has 0 aliphatic carbocycles. The molecule has 1 heterocycles. The number of aromatic nitrogens is 1. The van der Waals surface area contributed by atoms with Gasteiger partial charge in [0, 0.05) is 16.8 Å². The summed E-state index contributed by atoms with van der Waals surface area (Å²) >= 11 is 6.20. The number of hydrogen-bond donors (Lipinski definition) is 1. The summed E-state index contributed by atoms with van der Waals surface area (Å²) in [5.41, 5.74) is 1.41. The topological polar surface area (TPSA) is 42.0 Å². The third-order valence-corrected chi connectivity index (χ3v) is 3.27. The smallest absolute Gasteiger partial charge is 0.256 e. The number of anilines is 1. The van der Waals surface area contributed by atoms with E-state index < -0.39 is 0 Å². The van der Waals surface area contributed by atoms with E-state index in [4.69, 9.17) is 11.6 Å². The van der Waals surface area contributed by atoms with Gasteiger partial charge < -0.3 is 5.32 Å². The molecule has 1 N–H and O–H groups in total. The maximum atomic E-state index is 12.2. The third-order valence-electron chi connectivity index (χ3n) is 2.94. The van der Waals surface area contributed by atoms with E-state index in [9.17, 15) is 4.79 Å². The van der Waals surface area contributed by atoms with Crippen LogP contribution in [0, 0.1) is 0 Å². The van der Waals surface area contributed by atoms with Crippen LogP contribution < -0.4 is 5.32 Å². The van der Waals surface area contributed by atoms with E-state index in [-0.39, 0.29) is 11.3 Å². The molecule has 0 radical (unpaired) electrons. The number of pyridine rings is 1. The lowest BCUT2D eigenvalue weighted by atomic mass is 9.86. The molecule has 0 unspecified atom stereocenters. The molecule has 2 aromatic rings. The summed E-state index contributed by atoms with van der Waals surface area (Å²) < 4.78 is 0. The highest BCUT2D eigenvalue weighted by Crippen LogP contribution is 2.30. The van der Waals surface area contributed by atoms with E-state index in [1.54, 1.807) is 30.5 Å². The van der Waals surface area contributed by atoms with Crippen molar-refractivity contribution in [3.63, 3.8) is 0 Å². The van der Waals surface area contributed by atoms with Crippen LogP contribution in [0.3, 0.4) is 0 Å². The molecule has 104 valence electrons. The van der Waals surface area contributed by atoms with Gasteiger partial charge in [-0.05, 0) is 41.3 Å². The Hall–Kier alpha value is -1.87. The Balaban J connectivity index is 2.27. The molecule has 1 aromatic heterocycles. The minimum Gasteiger partial charge on any atom is -0.307 e. The number of nitrogens with zero attached hydrogens (tertiary/aromatic N) is 1. The number of rotatable bonds is 2. The van der Waals surface area contributed by atoms with Gasteiger partial charge in [-0.1, -0.05) is 38.4 Å². The van der Waals surface area contributed by atoms with E-state index in [1.807, 2.05) is 12.1 Å². The largest absolute Gasteiger partial charge is 0.307 e. The third kappa shape index (κ3) is 3.36. The maximum absolute atomic E-state index is 12.2. The first-order valence-electron chi connectivity index (χ1n) is 6.40. The van der Waals surface area contributed by atoms with Crippen molar-refractivity contribution in [1.82, 2.24) is 4.98 Å². The summed E-state index contributed by atoms with van der Waals surface area (Å²) in [6.07, 6.45) is 1.64. The first-order valence-corrected chi connectivity index (χ1v) is 6.78. The summed E-state index contributed by atoms with van der Waals surface area (Å²) in [7, 11) is 0. The fourth-order valence-electron chi connectivity index (χ4n) is 1.87. The molecule has 0 aliphatic heterocycles. The highest BCUT2D eigenvalue weighted by Gasteiger charge is 2.19. The Kier molecular flexibility index (Phi) is 4.09. The molecular weight excluding hydrogens is 272 g/mol. The van der Waals surface area contributed by atoms with Crippen molar-refractivity contribution in [2.45, 2.75) is 26.2 Å². The average Bonchev–Trinajstić information content (AvgIpc) is 2.39. The predicted molar refractivity (Wildman–Crippen MR) is 82.3 cm³/mol. The van der Waals surface area contributed by atoms with Gasteiger partial charge in [-0.3, -0.25) is 4.79 Å². The van der Waals surface area contributed by atoms with Gasteiger partial charge in [0.05, 0.1) is 0 Å². The molecule has 0 atom stereocenters. The Bertz CT molecular complexity index is 618. The van der Waals surface area contributed by atoms with Crippen molar-refractivity contribution in [1.29, 1.82) is 0 Å². The molecule has 2 rings (SSSR count). The minimum atomic E-state index is -0.189. The normalized spacial score (nSPS) is 11.2. The SMILES string of the molecule is CC(C)(C)c1cc(C(=O)Nc2ccccn2)ccc1Cl. The van der Waals surface area contributed by atoms with Crippen LogP contribution in [-0.4, -0.2) is 10.9 Å². The van der Waals surface area contributed by atoms with Crippen LogP contribution in [0.1, 0.15) is 36.7 Å². The Morgan fingerprint density at radius 1 is 1.20 bits per heavy atom. The number of benzene rings is 1. The zero-order valence-electron chi connectivity index (χ0n) is 11.8. The maximum Gasteiger partial charge on any atom is 0.256 e. The standard InChI is InChI=1S/C16H17ClN2O/c1-16(2,3)12-10-11(7-8-13(12)17)15(20)19-14-6-4-5-9-18-14/h4-10H,1-3H3,(H,18,19,20). The Morgan fingerprint density at radius 3 is 2.55 bits per heavy atom. The lowest BCUT2D eigenvalue weighted by Crippen LogP contribution is -2.16. The van der Waals surface area contributed by atoms with Crippen LogP contribution in [0.5, 0.6) is 0 Å². The van der Waals surface area contributed by atoms with Crippen molar-refractivity contribution >= 4 is 23.3 Å². The van der Waals surface area contributed by atoms with Crippen LogP contribution >= 0.6 is 11.6 Å². The van der Waals surface area contributed by atoms with Crippen molar-refractivity contribution in [2.24, 2.45) is 0 Å². The highest BCUT2D eigenvalue weighted by molar-refractivity contribution is 6.31. The molecule has 4 heteroatoms. The van der Waals surface area contributed by atoms with Crippen molar-refractivity contribution in [3.05, 3.63) is 58.7 Å². The first kappa shape index (κ1) is 14.5. The first-order chi connectivity index (χ1) is 9.38. The predicted octanol–water partition coefficient (Wildman–Crippen LogP) is 4.28. The molecule has 0 aliphatic rings. The van der Waals surface area contributed by atoms with Gasteiger partial charge in [-0.25, -0.2) is 4.98 Å². The van der Waals surface area contributed by atoms with E-state index in [1.165, 1.54) is 0 Å². The molecule has 20 heavy (non-hydrogen) atoms. The molecule has 0 saturated heterocycles. The summed E-state index contributed by atoms with van der Waals surface area (Å²) in [5.74, 6) is 0.343. The van der Waals surface area contributed by atoms with Crippen molar-refractivity contribution < 1.29 is 4.79 Å². The Morgan fingerprint density at radius 2 is 1.95 bits per heavy atom. The van der Waals surface area contributed by atoms with Crippen molar-refractivity contribution in [2.75, 3.05) is 5.32 Å². The van der Waals surface area contributed by atoms with Crippen LogP contribution in [0.15, 0.2) is 42.6 Å². The zero-order valence-corrected chi connectivity index (χ0v) is 12.5. The molecule has 1 aromatic carbocycles. The lowest BCUT2D eigenvalue weighted by molar-refractivity contribution is 0.102.